The summed E-state index contributed by atoms with van der Waals surface area (Å²) in [6.07, 6.45) is 3.94. The first-order valence-electron chi connectivity index (χ1n) is 9.72. The number of para-hydroxylation sites is 3. The van der Waals surface area contributed by atoms with Gasteiger partial charge in [0.15, 0.2) is 0 Å². The molecule has 0 aliphatic heterocycles. The molecule has 5 heteroatoms. The number of fused-ring (bicyclic) bond motifs is 1. The minimum atomic E-state index is -0.156. The van der Waals surface area contributed by atoms with Crippen LogP contribution < -0.4 is 10.1 Å². The van der Waals surface area contributed by atoms with Gasteiger partial charge in [-0.15, -0.1) is 0 Å². The van der Waals surface area contributed by atoms with Gasteiger partial charge in [0.1, 0.15) is 11.6 Å². The van der Waals surface area contributed by atoms with Crippen molar-refractivity contribution >= 4 is 16.9 Å². The molecular formula is C23H27N3O2. The molecule has 1 N–H and O–H groups in total. The van der Waals surface area contributed by atoms with E-state index in [2.05, 4.69) is 35.5 Å². The van der Waals surface area contributed by atoms with E-state index in [1.165, 1.54) is 6.08 Å². The Morgan fingerprint density at radius 2 is 1.96 bits per heavy atom. The molecule has 1 heterocycles. The van der Waals surface area contributed by atoms with E-state index in [0.717, 1.165) is 47.6 Å². The highest BCUT2D eigenvalue weighted by atomic mass is 16.5. The molecule has 0 radical (unpaired) electrons. The Hall–Kier alpha value is -3.08. The number of rotatable bonds is 10. The summed E-state index contributed by atoms with van der Waals surface area (Å²) in [6.45, 7) is 7.66. The molecule has 0 aliphatic rings. The van der Waals surface area contributed by atoms with E-state index >= 15 is 0 Å². The van der Waals surface area contributed by atoms with Crippen LogP contribution in [0.5, 0.6) is 5.75 Å². The van der Waals surface area contributed by atoms with Crippen molar-refractivity contribution < 1.29 is 9.53 Å². The molecule has 0 fully saturated rings. The van der Waals surface area contributed by atoms with Gasteiger partial charge >= 0.3 is 0 Å². The number of unbranched alkanes of at least 4 members (excludes halogenated alkanes) is 1. The summed E-state index contributed by atoms with van der Waals surface area (Å²) in [7, 11) is 0. The van der Waals surface area contributed by atoms with Gasteiger partial charge in [0, 0.05) is 19.5 Å². The summed E-state index contributed by atoms with van der Waals surface area (Å²) in [5, 5.41) is 2.82. The first-order chi connectivity index (χ1) is 13.7. The molecule has 0 bridgehead atoms. The minimum Gasteiger partial charge on any atom is -0.493 e. The third kappa shape index (κ3) is 5.00. The monoisotopic (exact) mass is 377 g/mol. The Bertz CT molecular complexity index is 946. The molecule has 1 aromatic heterocycles. The van der Waals surface area contributed by atoms with Gasteiger partial charge in [-0.1, -0.05) is 36.9 Å². The number of carbonyl (C=O) groups is 1. The number of aryl methyl sites for hydroxylation is 2. The van der Waals surface area contributed by atoms with E-state index in [1.54, 1.807) is 0 Å². The Morgan fingerprint density at radius 1 is 1.18 bits per heavy atom. The molecule has 0 aliphatic carbocycles. The van der Waals surface area contributed by atoms with Crippen LogP contribution in [0.4, 0.5) is 0 Å². The van der Waals surface area contributed by atoms with Crippen LogP contribution in [0.3, 0.4) is 0 Å². The van der Waals surface area contributed by atoms with Crippen LogP contribution in [0.25, 0.3) is 11.0 Å². The maximum absolute atomic E-state index is 11.4. The number of nitrogens with one attached hydrogen (secondary N) is 1. The standard InChI is InChI=1S/C23H27N3O2/c1-3-23(27)24-15-14-22-25-19-11-5-6-12-20(19)26(22)16-8-9-17-28-21-13-7-4-10-18(21)2/h3-7,10-13H,1,8-9,14-17H2,2H3,(H,24,27). The number of amides is 1. The first kappa shape index (κ1) is 19.7. The Kier molecular flexibility index (Phi) is 6.84. The van der Waals surface area contributed by atoms with Crippen LogP contribution in [0.2, 0.25) is 0 Å². The van der Waals surface area contributed by atoms with Gasteiger partial charge in [0.25, 0.3) is 0 Å². The fraction of sp³-hybridized carbons (Fsp3) is 0.304. The molecule has 28 heavy (non-hydrogen) atoms. The van der Waals surface area contributed by atoms with Crippen molar-refractivity contribution in [2.75, 3.05) is 13.2 Å². The number of carbonyl (C=O) groups excluding carboxylic acids is 1. The van der Waals surface area contributed by atoms with E-state index in [0.29, 0.717) is 19.6 Å². The quantitative estimate of drug-likeness (QED) is 0.428. The number of aromatic nitrogens is 2. The number of benzene rings is 2. The van der Waals surface area contributed by atoms with Crippen molar-refractivity contribution in [1.82, 2.24) is 14.9 Å². The highest BCUT2D eigenvalue weighted by molar-refractivity contribution is 5.86. The lowest BCUT2D eigenvalue weighted by Crippen LogP contribution is -2.24. The van der Waals surface area contributed by atoms with Crippen molar-refractivity contribution in [3.63, 3.8) is 0 Å². The van der Waals surface area contributed by atoms with Gasteiger partial charge in [0.2, 0.25) is 5.91 Å². The van der Waals surface area contributed by atoms with E-state index in [9.17, 15) is 4.79 Å². The van der Waals surface area contributed by atoms with Crippen LogP contribution in [-0.2, 0) is 17.8 Å². The number of imidazole rings is 1. The van der Waals surface area contributed by atoms with Crippen LogP contribution in [0.15, 0.2) is 61.2 Å². The fourth-order valence-corrected chi connectivity index (χ4v) is 3.21. The second-order valence-corrected chi connectivity index (χ2v) is 6.73. The number of ether oxygens (including phenoxy) is 1. The molecule has 1 amide bonds. The minimum absolute atomic E-state index is 0.156. The van der Waals surface area contributed by atoms with Gasteiger partial charge in [-0.25, -0.2) is 4.98 Å². The average Bonchev–Trinajstić information content (AvgIpc) is 3.06. The van der Waals surface area contributed by atoms with Crippen molar-refractivity contribution in [2.45, 2.75) is 32.7 Å². The molecule has 5 nitrogen and oxygen atoms in total. The summed E-state index contributed by atoms with van der Waals surface area (Å²) in [6, 6.07) is 16.2. The second kappa shape index (κ2) is 9.74. The van der Waals surface area contributed by atoms with Crippen LogP contribution in [-0.4, -0.2) is 28.6 Å². The average molecular weight is 377 g/mol. The smallest absolute Gasteiger partial charge is 0.243 e. The van der Waals surface area contributed by atoms with Crippen LogP contribution in [0.1, 0.15) is 24.2 Å². The summed E-state index contributed by atoms with van der Waals surface area (Å²) in [5.74, 6) is 1.79. The lowest BCUT2D eigenvalue weighted by molar-refractivity contribution is -0.116. The number of hydrogen-bond donors (Lipinski definition) is 1. The predicted molar refractivity (Wildman–Crippen MR) is 113 cm³/mol. The zero-order valence-electron chi connectivity index (χ0n) is 16.4. The summed E-state index contributed by atoms with van der Waals surface area (Å²) < 4.78 is 8.15. The number of hydrogen-bond acceptors (Lipinski definition) is 3. The third-order valence-electron chi connectivity index (χ3n) is 4.69. The lowest BCUT2D eigenvalue weighted by atomic mass is 10.2. The molecule has 0 spiro atoms. The highest BCUT2D eigenvalue weighted by Crippen LogP contribution is 2.19. The van der Waals surface area contributed by atoms with Crippen LogP contribution >= 0.6 is 0 Å². The highest BCUT2D eigenvalue weighted by Gasteiger charge is 2.10. The van der Waals surface area contributed by atoms with Gasteiger partial charge in [-0.2, -0.15) is 0 Å². The van der Waals surface area contributed by atoms with Gasteiger partial charge < -0.3 is 14.6 Å². The molecule has 0 saturated carbocycles. The molecule has 3 aromatic rings. The Labute approximate surface area is 166 Å². The Morgan fingerprint density at radius 3 is 2.79 bits per heavy atom. The topological polar surface area (TPSA) is 56.2 Å². The largest absolute Gasteiger partial charge is 0.493 e. The lowest BCUT2D eigenvalue weighted by Gasteiger charge is -2.11. The van der Waals surface area contributed by atoms with Crippen LogP contribution in [0, 0.1) is 6.92 Å². The molecule has 0 saturated heterocycles. The summed E-state index contributed by atoms with van der Waals surface area (Å²) >= 11 is 0. The maximum atomic E-state index is 11.4. The second-order valence-electron chi connectivity index (χ2n) is 6.73. The summed E-state index contributed by atoms with van der Waals surface area (Å²) in [4.78, 5) is 16.1. The van der Waals surface area contributed by atoms with Gasteiger partial charge in [-0.3, -0.25) is 4.79 Å². The molecular weight excluding hydrogens is 350 g/mol. The zero-order valence-corrected chi connectivity index (χ0v) is 16.4. The first-order valence-corrected chi connectivity index (χ1v) is 9.72. The predicted octanol–water partition coefficient (Wildman–Crippen LogP) is 4.05. The third-order valence-corrected chi connectivity index (χ3v) is 4.69. The number of nitrogens with zero attached hydrogens (tertiary/aromatic N) is 2. The van der Waals surface area contributed by atoms with E-state index < -0.39 is 0 Å². The normalized spacial score (nSPS) is 10.8. The molecule has 0 unspecified atom stereocenters. The van der Waals surface area contributed by atoms with E-state index in [4.69, 9.17) is 9.72 Å². The van der Waals surface area contributed by atoms with Crippen molar-refractivity contribution in [1.29, 1.82) is 0 Å². The molecule has 0 atom stereocenters. The molecule has 146 valence electrons. The van der Waals surface area contributed by atoms with Crippen molar-refractivity contribution in [2.24, 2.45) is 0 Å². The van der Waals surface area contributed by atoms with Crippen molar-refractivity contribution in [3.8, 4) is 5.75 Å². The maximum Gasteiger partial charge on any atom is 0.243 e. The zero-order chi connectivity index (χ0) is 19.8. The fourth-order valence-electron chi connectivity index (χ4n) is 3.21. The van der Waals surface area contributed by atoms with Gasteiger partial charge in [0.05, 0.1) is 17.6 Å². The summed E-state index contributed by atoms with van der Waals surface area (Å²) in [5.41, 5.74) is 3.28. The van der Waals surface area contributed by atoms with E-state index in [1.807, 2.05) is 36.4 Å². The van der Waals surface area contributed by atoms with E-state index in [-0.39, 0.29) is 5.91 Å². The van der Waals surface area contributed by atoms with Crippen molar-refractivity contribution in [3.05, 3.63) is 72.6 Å². The van der Waals surface area contributed by atoms with Gasteiger partial charge in [-0.05, 0) is 49.6 Å². The molecule has 3 rings (SSSR count). The molecule has 2 aromatic carbocycles. The SMILES string of the molecule is C=CC(=O)NCCc1nc2ccccc2n1CCCCOc1ccccc1C. The Balaban J connectivity index is 1.58.